The van der Waals surface area contributed by atoms with Gasteiger partial charge < -0.3 is 0 Å². The predicted molar refractivity (Wildman–Crippen MR) is 120 cm³/mol. The van der Waals surface area contributed by atoms with E-state index in [-0.39, 0.29) is 22.0 Å². The van der Waals surface area contributed by atoms with Gasteiger partial charge in [0.2, 0.25) is 0 Å². The Bertz CT molecular complexity index is 1330. The molecule has 0 heterocycles. The first kappa shape index (κ1) is 22.7. The van der Waals surface area contributed by atoms with Crippen molar-refractivity contribution < 1.29 is 18.3 Å². The van der Waals surface area contributed by atoms with E-state index in [1.165, 1.54) is 48.7 Å². The van der Waals surface area contributed by atoms with Crippen LogP contribution in [-0.4, -0.2) is 24.5 Å². The van der Waals surface area contributed by atoms with E-state index < -0.39 is 25.6 Å². The summed E-state index contributed by atoms with van der Waals surface area (Å²) in [6, 6.07) is 14.9. The molecule has 3 rings (SSSR count). The molecule has 0 aromatic heterocycles. The average molecular weight is 476 g/mol. The number of nitro benzene ring substituents is 2. The van der Waals surface area contributed by atoms with E-state index in [2.05, 4.69) is 15.2 Å². The molecule has 2 N–H and O–H groups in total. The van der Waals surface area contributed by atoms with Crippen molar-refractivity contribution in [1.82, 2.24) is 0 Å². The van der Waals surface area contributed by atoms with Crippen molar-refractivity contribution in [2.45, 2.75) is 4.90 Å². The molecule has 3 aromatic carbocycles. The van der Waals surface area contributed by atoms with Gasteiger partial charge in [-0.2, -0.15) is 5.10 Å². The van der Waals surface area contributed by atoms with E-state index in [1.807, 2.05) is 0 Å². The Hall–Kier alpha value is -4.03. The van der Waals surface area contributed by atoms with Crippen LogP contribution in [0.4, 0.5) is 22.7 Å². The van der Waals surface area contributed by atoms with Crippen molar-refractivity contribution in [3.8, 4) is 0 Å². The first-order valence-electron chi connectivity index (χ1n) is 8.76. The summed E-state index contributed by atoms with van der Waals surface area (Å²) in [5.74, 6) is 0. The molecule has 164 valence electrons. The Labute approximate surface area is 186 Å². The zero-order valence-electron chi connectivity index (χ0n) is 16.0. The van der Waals surface area contributed by atoms with Gasteiger partial charge in [0, 0.05) is 28.8 Å². The quantitative estimate of drug-likeness (QED) is 0.277. The number of non-ortho nitro benzene ring substituents is 1. The monoisotopic (exact) mass is 475 g/mol. The molecule has 0 radical (unpaired) electrons. The number of hydrogen-bond acceptors (Lipinski definition) is 8. The van der Waals surface area contributed by atoms with Gasteiger partial charge in [-0.05, 0) is 30.3 Å². The van der Waals surface area contributed by atoms with Crippen molar-refractivity contribution in [2.24, 2.45) is 5.10 Å². The third kappa shape index (κ3) is 5.56. The normalized spacial score (nSPS) is 11.3. The highest BCUT2D eigenvalue weighted by molar-refractivity contribution is 7.92. The summed E-state index contributed by atoms with van der Waals surface area (Å²) in [5.41, 5.74) is 2.30. The standard InChI is InChI=1S/C19H14ClN5O6S/c20-14-4-2-5-15(10-14)23-32(30,31)17-7-8-18(19(11-17)25(28)29)22-21-12-13-3-1-6-16(9-13)24(26)27/h1-12,22-23H. The smallest absolute Gasteiger partial charge is 0.280 e. The fourth-order valence-electron chi connectivity index (χ4n) is 2.59. The lowest BCUT2D eigenvalue weighted by molar-refractivity contribution is -0.384. The molecule has 0 saturated carbocycles. The molecule has 0 fully saturated rings. The molecular weight excluding hydrogens is 462 g/mol. The molecule has 0 unspecified atom stereocenters. The number of nitro groups is 2. The SMILES string of the molecule is O=[N+]([O-])c1cccc(C=NNc2ccc(S(=O)(=O)Nc3cccc(Cl)c3)cc2[N+](=O)[O-])c1. The van der Waals surface area contributed by atoms with Crippen LogP contribution in [0.1, 0.15) is 5.56 Å². The highest BCUT2D eigenvalue weighted by atomic mass is 35.5. The van der Waals surface area contributed by atoms with Crippen molar-refractivity contribution >= 4 is 50.6 Å². The van der Waals surface area contributed by atoms with Crippen LogP contribution in [-0.2, 0) is 10.0 Å². The van der Waals surface area contributed by atoms with Gasteiger partial charge in [0.15, 0.2) is 0 Å². The minimum Gasteiger partial charge on any atom is -0.280 e. The lowest BCUT2D eigenvalue weighted by Crippen LogP contribution is -2.13. The molecule has 32 heavy (non-hydrogen) atoms. The second-order valence-electron chi connectivity index (χ2n) is 6.27. The van der Waals surface area contributed by atoms with Crippen molar-refractivity contribution in [2.75, 3.05) is 10.1 Å². The summed E-state index contributed by atoms with van der Waals surface area (Å²) >= 11 is 5.85. The van der Waals surface area contributed by atoms with Crippen LogP contribution in [0.5, 0.6) is 0 Å². The van der Waals surface area contributed by atoms with Gasteiger partial charge in [0.05, 0.1) is 26.6 Å². The van der Waals surface area contributed by atoms with Crippen LogP contribution in [0.25, 0.3) is 0 Å². The first-order valence-corrected chi connectivity index (χ1v) is 10.6. The zero-order valence-corrected chi connectivity index (χ0v) is 17.6. The number of hydrogen-bond donors (Lipinski definition) is 2. The maximum Gasteiger partial charge on any atom is 0.295 e. The molecule has 0 spiro atoms. The maximum absolute atomic E-state index is 12.6. The Kier molecular flexibility index (Phi) is 6.66. The molecule has 0 aliphatic carbocycles. The van der Waals surface area contributed by atoms with Gasteiger partial charge in [-0.1, -0.05) is 29.8 Å². The molecule has 0 bridgehead atoms. The lowest BCUT2D eigenvalue weighted by atomic mass is 10.2. The highest BCUT2D eigenvalue weighted by Crippen LogP contribution is 2.29. The van der Waals surface area contributed by atoms with Crippen molar-refractivity contribution in [3.05, 3.63) is 97.5 Å². The van der Waals surface area contributed by atoms with Gasteiger partial charge >= 0.3 is 0 Å². The predicted octanol–water partition coefficient (Wildman–Crippen LogP) is 4.40. The third-order valence-electron chi connectivity index (χ3n) is 4.03. The second-order valence-corrected chi connectivity index (χ2v) is 8.39. The number of sulfonamides is 1. The number of halogens is 1. The average Bonchev–Trinajstić information content (AvgIpc) is 2.73. The molecule has 0 aliphatic heterocycles. The molecule has 13 heteroatoms. The van der Waals surface area contributed by atoms with E-state index in [0.29, 0.717) is 10.6 Å². The summed E-state index contributed by atoms with van der Waals surface area (Å²) < 4.78 is 27.5. The summed E-state index contributed by atoms with van der Waals surface area (Å²) in [4.78, 5) is 20.6. The maximum atomic E-state index is 12.6. The topological polar surface area (TPSA) is 157 Å². The van der Waals surface area contributed by atoms with E-state index in [1.54, 1.807) is 18.2 Å². The van der Waals surface area contributed by atoms with E-state index in [9.17, 15) is 28.6 Å². The van der Waals surface area contributed by atoms with Crippen LogP contribution in [0.3, 0.4) is 0 Å². The lowest BCUT2D eigenvalue weighted by Gasteiger charge is -2.09. The molecule has 0 atom stereocenters. The summed E-state index contributed by atoms with van der Waals surface area (Å²) in [5, 5.41) is 26.4. The Balaban J connectivity index is 1.84. The Morgan fingerprint density at radius 2 is 1.69 bits per heavy atom. The van der Waals surface area contributed by atoms with Crippen LogP contribution in [0.15, 0.2) is 76.7 Å². The molecule has 11 nitrogen and oxygen atoms in total. The van der Waals surface area contributed by atoms with Crippen molar-refractivity contribution in [1.29, 1.82) is 0 Å². The molecule has 0 amide bonds. The number of hydrazone groups is 1. The molecular formula is C19H14ClN5O6S. The fraction of sp³-hybridized carbons (Fsp3) is 0. The fourth-order valence-corrected chi connectivity index (χ4v) is 3.84. The van der Waals surface area contributed by atoms with E-state index >= 15 is 0 Å². The van der Waals surface area contributed by atoms with Gasteiger partial charge in [0.1, 0.15) is 5.69 Å². The highest BCUT2D eigenvalue weighted by Gasteiger charge is 2.21. The van der Waals surface area contributed by atoms with Gasteiger partial charge in [-0.3, -0.25) is 30.4 Å². The minimum atomic E-state index is -4.12. The zero-order chi connectivity index (χ0) is 23.3. The number of benzene rings is 3. The van der Waals surface area contributed by atoms with Gasteiger partial charge in [-0.15, -0.1) is 0 Å². The number of anilines is 2. The van der Waals surface area contributed by atoms with Crippen LogP contribution in [0.2, 0.25) is 5.02 Å². The second kappa shape index (κ2) is 9.41. The van der Waals surface area contributed by atoms with Crippen molar-refractivity contribution in [3.63, 3.8) is 0 Å². The summed E-state index contributed by atoms with van der Waals surface area (Å²) in [6.45, 7) is 0. The van der Waals surface area contributed by atoms with Crippen LogP contribution >= 0.6 is 11.6 Å². The number of nitrogens with one attached hydrogen (secondary N) is 2. The molecule has 0 saturated heterocycles. The van der Waals surface area contributed by atoms with Crippen LogP contribution in [0, 0.1) is 20.2 Å². The van der Waals surface area contributed by atoms with Gasteiger partial charge in [-0.25, -0.2) is 8.42 Å². The Morgan fingerprint density at radius 3 is 2.38 bits per heavy atom. The van der Waals surface area contributed by atoms with E-state index in [4.69, 9.17) is 11.6 Å². The minimum absolute atomic E-state index is 0.0709. The Morgan fingerprint density at radius 1 is 0.938 bits per heavy atom. The summed E-state index contributed by atoms with van der Waals surface area (Å²) in [7, 11) is -4.12. The van der Waals surface area contributed by atoms with E-state index in [0.717, 1.165) is 6.07 Å². The molecule has 0 aliphatic rings. The summed E-state index contributed by atoms with van der Waals surface area (Å²) in [6.07, 6.45) is 1.24. The number of rotatable bonds is 8. The first-order chi connectivity index (χ1) is 15.2. The largest absolute Gasteiger partial charge is 0.295 e. The number of nitrogens with zero attached hydrogens (tertiary/aromatic N) is 3. The third-order valence-corrected chi connectivity index (χ3v) is 5.65. The molecule has 3 aromatic rings. The van der Waals surface area contributed by atoms with Gasteiger partial charge in [0.25, 0.3) is 21.4 Å². The van der Waals surface area contributed by atoms with Crippen LogP contribution < -0.4 is 10.1 Å².